The second-order valence-electron chi connectivity index (χ2n) is 6.90. The summed E-state index contributed by atoms with van der Waals surface area (Å²) >= 11 is 12.1. The fourth-order valence-corrected chi connectivity index (χ4v) is 4.03. The van der Waals surface area contributed by atoms with Gasteiger partial charge in [-0.15, -0.1) is 12.4 Å². The Morgan fingerprint density at radius 2 is 1.81 bits per heavy atom. The first kappa shape index (κ1) is 21.3. The van der Waals surface area contributed by atoms with Crippen LogP contribution in [0.3, 0.4) is 0 Å². The van der Waals surface area contributed by atoms with E-state index >= 15 is 0 Å². The molecule has 1 aromatic carbocycles. The summed E-state index contributed by atoms with van der Waals surface area (Å²) in [5, 5.41) is 3.90. The zero-order valence-corrected chi connectivity index (χ0v) is 16.7. The number of rotatable bonds is 3. The van der Waals surface area contributed by atoms with Gasteiger partial charge >= 0.3 is 0 Å². The highest BCUT2D eigenvalue weighted by molar-refractivity contribution is 6.35. The van der Waals surface area contributed by atoms with Crippen molar-refractivity contribution in [1.29, 1.82) is 0 Å². The minimum atomic E-state index is -0.446. The van der Waals surface area contributed by atoms with E-state index in [9.17, 15) is 9.59 Å². The number of nitrogens with zero attached hydrogens (tertiary/aromatic N) is 1. The zero-order valence-electron chi connectivity index (χ0n) is 14.4. The molecule has 5 nitrogen and oxygen atoms in total. The predicted octanol–water partition coefficient (Wildman–Crippen LogP) is 3.41. The molecule has 1 atom stereocenters. The second kappa shape index (κ2) is 9.27. The van der Waals surface area contributed by atoms with Gasteiger partial charge < -0.3 is 16.0 Å². The molecular weight excluding hydrogens is 397 g/mol. The number of amides is 2. The number of halogens is 3. The first-order chi connectivity index (χ1) is 12.0. The minimum Gasteiger partial charge on any atom is -0.352 e. The molecule has 0 aromatic heterocycles. The van der Waals surface area contributed by atoms with E-state index in [1.165, 1.54) is 0 Å². The SMILES string of the molecule is Cl.NC1CCC(NC(=O)C2CCCN2C(=O)c2cc(Cl)ccc2Cl)CC1. The van der Waals surface area contributed by atoms with Crippen LogP contribution in [0.25, 0.3) is 0 Å². The third-order valence-corrected chi connectivity index (χ3v) is 5.66. The van der Waals surface area contributed by atoms with Gasteiger partial charge in [0, 0.05) is 23.7 Å². The monoisotopic (exact) mass is 419 g/mol. The molecule has 1 aliphatic heterocycles. The van der Waals surface area contributed by atoms with Crippen molar-refractivity contribution in [2.75, 3.05) is 6.54 Å². The van der Waals surface area contributed by atoms with Crippen LogP contribution in [0.2, 0.25) is 10.0 Å². The van der Waals surface area contributed by atoms with Gasteiger partial charge in [-0.05, 0) is 56.7 Å². The van der Waals surface area contributed by atoms with Gasteiger partial charge in [-0.3, -0.25) is 9.59 Å². The van der Waals surface area contributed by atoms with Crippen LogP contribution in [-0.4, -0.2) is 41.4 Å². The van der Waals surface area contributed by atoms with Gasteiger partial charge in [0.15, 0.2) is 0 Å². The Hall–Kier alpha value is -1.01. The minimum absolute atomic E-state index is 0. The average Bonchev–Trinajstić information content (AvgIpc) is 3.08. The van der Waals surface area contributed by atoms with Crippen molar-refractivity contribution < 1.29 is 9.59 Å². The smallest absolute Gasteiger partial charge is 0.256 e. The number of hydrogen-bond acceptors (Lipinski definition) is 3. The summed E-state index contributed by atoms with van der Waals surface area (Å²) < 4.78 is 0. The highest BCUT2D eigenvalue weighted by Crippen LogP contribution is 2.27. The maximum atomic E-state index is 12.9. The molecule has 1 aromatic rings. The number of benzene rings is 1. The summed E-state index contributed by atoms with van der Waals surface area (Å²) in [5.74, 6) is -0.319. The molecule has 1 aliphatic carbocycles. The van der Waals surface area contributed by atoms with Crippen molar-refractivity contribution in [3.63, 3.8) is 0 Å². The van der Waals surface area contributed by atoms with Crippen LogP contribution in [-0.2, 0) is 4.79 Å². The van der Waals surface area contributed by atoms with Crippen molar-refractivity contribution >= 4 is 47.4 Å². The molecule has 0 bridgehead atoms. The molecule has 144 valence electrons. The van der Waals surface area contributed by atoms with E-state index in [1.54, 1.807) is 23.1 Å². The fourth-order valence-electron chi connectivity index (χ4n) is 3.66. The number of nitrogens with two attached hydrogens (primary N) is 1. The van der Waals surface area contributed by atoms with Gasteiger partial charge in [0.1, 0.15) is 6.04 Å². The maximum absolute atomic E-state index is 12.9. The van der Waals surface area contributed by atoms with Crippen LogP contribution in [0.5, 0.6) is 0 Å². The first-order valence-corrected chi connectivity index (χ1v) is 9.53. The first-order valence-electron chi connectivity index (χ1n) is 8.77. The number of carbonyl (C=O) groups excluding carboxylic acids is 2. The van der Waals surface area contributed by atoms with Gasteiger partial charge in [0.25, 0.3) is 5.91 Å². The molecule has 8 heteroatoms. The standard InChI is InChI=1S/C18H23Cl2N3O2.ClH/c19-11-3-8-15(20)14(10-11)18(25)23-9-1-2-16(23)17(24)22-13-6-4-12(21)5-7-13;/h3,8,10,12-13,16H,1-2,4-7,9,21H2,(H,22,24);1H. The van der Waals surface area contributed by atoms with Crippen LogP contribution < -0.4 is 11.1 Å². The normalized spacial score (nSPS) is 25.5. The van der Waals surface area contributed by atoms with Crippen molar-refractivity contribution in [3.8, 4) is 0 Å². The molecule has 2 fully saturated rings. The molecule has 2 amide bonds. The van der Waals surface area contributed by atoms with Crippen LogP contribution in [0, 0.1) is 0 Å². The van der Waals surface area contributed by atoms with Crippen molar-refractivity contribution in [2.24, 2.45) is 5.73 Å². The predicted molar refractivity (Wildman–Crippen MR) is 106 cm³/mol. The van der Waals surface area contributed by atoms with Gasteiger partial charge in [-0.25, -0.2) is 0 Å². The number of likely N-dealkylation sites (tertiary alicyclic amines) is 1. The third kappa shape index (κ3) is 4.83. The van der Waals surface area contributed by atoms with Gasteiger partial charge in [-0.1, -0.05) is 23.2 Å². The summed E-state index contributed by atoms with van der Waals surface area (Å²) in [6.07, 6.45) is 5.12. The molecule has 2 aliphatic rings. The fraction of sp³-hybridized carbons (Fsp3) is 0.556. The van der Waals surface area contributed by atoms with E-state index in [0.29, 0.717) is 28.6 Å². The lowest BCUT2D eigenvalue weighted by Crippen LogP contribution is -2.50. The van der Waals surface area contributed by atoms with E-state index in [0.717, 1.165) is 32.1 Å². The lowest BCUT2D eigenvalue weighted by molar-refractivity contribution is -0.125. The lowest BCUT2D eigenvalue weighted by atomic mass is 9.91. The molecule has 1 heterocycles. The maximum Gasteiger partial charge on any atom is 0.256 e. The molecule has 1 saturated heterocycles. The molecule has 26 heavy (non-hydrogen) atoms. The Labute approximate surface area is 170 Å². The number of nitrogens with one attached hydrogen (secondary N) is 1. The van der Waals surface area contributed by atoms with E-state index in [-0.39, 0.29) is 36.3 Å². The zero-order chi connectivity index (χ0) is 18.0. The largest absolute Gasteiger partial charge is 0.352 e. The molecule has 1 unspecified atom stereocenters. The topological polar surface area (TPSA) is 75.4 Å². The number of carbonyl (C=O) groups is 2. The summed E-state index contributed by atoms with van der Waals surface area (Å²) in [5.41, 5.74) is 6.26. The van der Waals surface area contributed by atoms with Crippen LogP contribution in [0.4, 0.5) is 0 Å². The summed E-state index contributed by atoms with van der Waals surface area (Å²) in [6.45, 7) is 0.551. The molecule has 0 radical (unpaired) electrons. The summed E-state index contributed by atoms with van der Waals surface area (Å²) in [4.78, 5) is 27.2. The average molecular weight is 421 g/mol. The number of hydrogen-bond donors (Lipinski definition) is 2. The molecular formula is C18H24Cl3N3O2. The lowest BCUT2D eigenvalue weighted by Gasteiger charge is -2.30. The Morgan fingerprint density at radius 1 is 1.12 bits per heavy atom. The van der Waals surface area contributed by atoms with Crippen molar-refractivity contribution in [2.45, 2.75) is 56.7 Å². The molecule has 0 spiro atoms. The Balaban J connectivity index is 0.00000243. The molecule has 3 rings (SSSR count). The highest BCUT2D eigenvalue weighted by Gasteiger charge is 2.36. The quantitative estimate of drug-likeness (QED) is 0.787. The summed E-state index contributed by atoms with van der Waals surface area (Å²) in [7, 11) is 0. The summed E-state index contributed by atoms with van der Waals surface area (Å²) in [6, 6.07) is 4.75. The van der Waals surface area contributed by atoms with Crippen LogP contribution >= 0.6 is 35.6 Å². The van der Waals surface area contributed by atoms with Crippen LogP contribution in [0.15, 0.2) is 18.2 Å². The molecule has 3 N–H and O–H groups in total. The van der Waals surface area contributed by atoms with E-state index in [1.807, 2.05) is 0 Å². The highest BCUT2D eigenvalue weighted by atomic mass is 35.5. The third-order valence-electron chi connectivity index (χ3n) is 5.09. The van der Waals surface area contributed by atoms with Crippen LogP contribution in [0.1, 0.15) is 48.9 Å². The van der Waals surface area contributed by atoms with E-state index in [2.05, 4.69) is 5.32 Å². The Kier molecular flexibility index (Phi) is 7.59. The Morgan fingerprint density at radius 3 is 2.50 bits per heavy atom. The van der Waals surface area contributed by atoms with E-state index in [4.69, 9.17) is 28.9 Å². The van der Waals surface area contributed by atoms with Gasteiger partial charge in [0.2, 0.25) is 5.91 Å². The Bertz CT molecular complexity index is 663. The molecule has 1 saturated carbocycles. The van der Waals surface area contributed by atoms with Crippen molar-refractivity contribution in [1.82, 2.24) is 10.2 Å². The second-order valence-corrected chi connectivity index (χ2v) is 7.74. The van der Waals surface area contributed by atoms with Gasteiger partial charge in [-0.2, -0.15) is 0 Å². The van der Waals surface area contributed by atoms with Gasteiger partial charge in [0.05, 0.1) is 10.6 Å². The van der Waals surface area contributed by atoms with E-state index < -0.39 is 6.04 Å². The van der Waals surface area contributed by atoms with Crippen molar-refractivity contribution in [3.05, 3.63) is 33.8 Å².